The zero-order valence-electron chi connectivity index (χ0n) is 22.8. The normalized spacial score (nSPS) is 12.7. The Balaban J connectivity index is 2.26. The molecule has 0 saturated heterocycles. The van der Waals surface area contributed by atoms with Gasteiger partial charge in [0.2, 0.25) is 0 Å². The molecule has 36 heavy (non-hydrogen) atoms. The van der Waals surface area contributed by atoms with E-state index < -0.39 is 0 Å². The summed E-state index contributed by atoms with van der Waals surface area (Å²) in [4.78, 5) is 23.7. The number of carbonyl (C=O) groups excluding carboxylic acids is 1. The zero-order chi connectivity index (χ0) is 26.7. The molecule has 2 aromatic carbocycles. The molecule has 1 amide bonds. The Morgan fingerprint density at radius 3 is 2.44 bits per heavy atom. The number of nitrogens with zero attached hydrogens (tertiary/aromatic N) is 3. The van der Waals surface area contributed by atoms with E-state index in [1.165, 1.54) is 5.56 Å². The second-order valence-electron chi connectivity index (χ2n) is 8.64. The number of likely N-dealkylation sites (N-methyl/N-ethyl adjacent to an activating group) is 1. The molecule has 192 valence electrons. The van der Waals surface area contributed by atoms with Crippen LogP contribution in [0.25, 0.3) is 5.57 Å². The molecule has 0 spiro atoms. The highest BCUT2D eigenvalue weighted by atomic mass is 16.5. The van der Waals surface area contributed by atoms with Crippen LogP contribution in [0.3, 0.4) is 0 Å². The number of amidine groups is 1. The van der Waals surface area contributed by atoms with Gasteiger partial charge in [-0.2, -0.15) is 0 Å². The average molecular weight is 490 g/mol. The third kappa shape index (κ3) is 7.92. The van der Waals surface area contributed by atoms with Crippen LogP contribution in [0.2, 0.25) is 0 Å². The molecule has 0 bridgehead atoms. The molecular formula is C29H39N5O2. The fourth-order valence-corrected chi connectivity index (χ4v) is 3.54. The number of nitrogens with one attached hydrogen (secondary N) is 2. The Labute approximate surface area is 215 Å². The Kier molecular flexibility index (Phi) is 11.1. The number of benzene rings is 2. The molecule has 0 radical (unpaired) electrons. The van der Waals surface area contributed by atoms with Crippen LogP contribution in [-0.4, -0.2) is 56.7 Å². The van der Waals surface area contributed by atoms with Gasteiger partial charge < -0.3 is 20.3 Å². The summed E-state index contributed by atoms with van der Waals surface area (Å²) in [5.74, 6) is 0.602. The number of anilines is 2. The van der Waals surface area contributed by atoms with Gasteiger partial charge in [-0.3, -0.25) is 9.79 Å². The highest BCUT2D eigenvalue weighted by molar-refractivity contribution is 6.45. The minimum atomic E-state index is -0.0322. The third-order valence-corrected chi connectivity index (χ3v) is 5.80. The molecule has 0 aliphatic carbocycles. The molecular weight excluding hydrogens is 450 g/mol. The first kappa shape index (κ1) is 28.5. The van der Waals surface area contributed by atoms with Gasteiger partial charge in [0.25, 0.3) is 5.91 Å². The molecule has 7 nitrogen and oxygen atoms in total. The fourth-order valence-electron chi connectivity index (χ4n) is 3.54. The van der Waals surface area contributed by atoms with E-state index in [1.54, 1.807) is 25.3 Å². The molecule has 7 heteroatoms. The molecule has 0 heterocycles. The van der Waals surface area contributed by atoms with Crippen LogP contribution in [0.5, 0.6) is 0 Å². The maximum Gasteiger partial charge on any atom is 0.253 e. The monoisotopic (exact) mass is 489 g/mol. The Morgan fingerprint density at radius 2 is 1.83 bits per heavy atom. The molecule has 0 atom stereocenters. The van der Waals surface area contributed by atoms with E-state index in [2.05, 4.69) is 45.7 Å². The molecule has 0 fully saturated rings. The second-order valence-corrected chi connectivity index (χ2v) is 8.64. The van der Waals surface area contributed by atoms with E-state index in [9.17, 15) is 4.79 Å². The molecule has 0 aliphatic heterocycles. The van der Waals surface area contributed by atoms with Crippen LogP contribution in [-0.2, 0) is 4.74 Å². The largest absolute Gasteiger partial charge is 0.388 e. The lowest BCUT2D eigenvalue weighted by atomic mass is 10.0. The van der Waals surface area contributed by atoms with Gasteiger partial charge in [0.1, 0.15) is 0 Å². The minimum Gasteiger partial charge on any atom is -0.388 e. The summed E-state index contributed by atoms with van der Waals surface area (Å²) in [5, 5.41) is 6.55. The highest BCUT2D eigenvalue weighted by Gasteiger charge is 2.15. The lowest BCUT2D eigenvalue weighted by Gasteiger charge is -2.18. The van der Waals surface area contributed by atoms with Crippen molar-refractivity contribution in [3.63, 3.8) is 0 Å². The summed E-state index contributed by atoms with van der Waals surface area (Å²) >= 11 is 0. The van der Waals surface area contributed by atoms with E-state index in [4.69, 9.17) is 4.74 Å². The first-order valence-corrected chi connectivity index (χ1v) is 12.0. The SMILES string of the molecule is C\C=C/N=C(Nc1ccc(C(=O)N(C)CCOC)c(C)c1)\C(C)=N\C=C(/C)c1ccc(NC)c(C)c1. The van der Waals surface area contributed by atoms with Gasteiger partial charge in [-0.25, -0.2) is 4.99 Å². The maximum absolute atomic E-state index is 12.8. The smallest absolute Gasteiger partial charge is 0.253 e. The molecule has 0 unspecified atom stereocenters. The lowest BCUT2D eigenvalue weighted by molar-refractivity contribution is 0.0743. The van der Waals surface area contributed by atoms with Crippen molar-refractivity contribution in [2.75, 3.05) is 45.0 Å². The number of amides is 1. The molecule has 2 N–H and O–H groups in total. The lowest BCUT2D eigenvalue weighted by Crippen LogP contribution is -2.30. The standard InChI is InChI=1S/C29H39N5O2/c1-9-14-31-28(23(5)32-19-22(4)24-10-13-27(30-6)21(3)17-24)33-25-11-12-26(20(2)18-25)29(35)34(7)15-16-36-8/h9-14,17-19,30H,15-16H2,1-8H3,(H,31,33)/b14-9-,22-19+,32-23+. The number of hydrogen-bond acceptors (Lipinski definition) is 5. The van der Waals surface area contributed by atoms with Gasteiger partial charge in [-0.1, -0.05) is 12.1 Å². The van der Waals surface area contributed by atoms with Crippen LogP contribution >= 0.6 is 0 Å². The number of allylic oxidation sites excluding steroid dienone is 2. The third-order valence-electron chi connectivity index (χ3n) is 5.80. The first-order chi connectivity index (χ1) is 17.2. The van der Waals surface area contributed by atoms with Crippen LogP contribution in [0.1, 0.15) is 47.8 Å². The van der Waals surface area contributed by atoms with E-state index in [-0.39, 0.29) is 5.91 Å². The number of methoxy groups -OCH3 is 1. The fraction of sp³-hybridized carbons (Fsp3) is 0.345. The summed E-state index contributed by atoms with van der Waals surface area (Å²) in [6.45, 7) is 10.9. The van der Waals surface area contributed by atoms with E-state index in [1.807, 2.05) is 65.2 Å². The summed E-state index contributed by atoms with van der Waals surface area (Å²) in [6, 6.07) is 12.0. The number of carbonyl (C=O) groups is 1. The highest BCUT2D eigenvalue weighted by Crippen LogP contribution is 2.21. The molecule has 2 rings (SSSR count). The maximum atomic E-state index is 12.8. The van der Waals surface area contributed by atoms with Crippen LogP contribution in [0.15, 0.2) is 64.9 Å². The number of hydrogen-bond donors (Lipinski definition) is 2. The molecule has 0 aromatic heterocycles. The van der Waals surface area contributed by atoms with Gasteiger partial charge in [0.05, 0.1) is 12.3 Å². The van der Waals surface area contributed by atoms with Gasteiger partial charge in [-0.15, -0.1) is 0 Å². The number of ether oxygens (including phenoxy) is 1. The Hall–Kier alpha value is -3.71. The van der Waals surface area contributed by atoms with E-state index in [0.717, 1.165) is 33.8 Å². The van der Waals surface area contributed by atoms with Gasteiger partial charge in [0, 0.05) is 57.1 Å². The van der Waals surface area contributed by atoms with Gasteiger partial charge >= 0.3 is 0 Å². The van der Waals surface area contributed by atoms with Crippen molar-refractivity contribution >= 4 is 34.4 Å². The van der Waals surface area contributed by atoms with Gasteiger partial charge in [0.15, 0.2) is 5.84 Å². The topological polar surface area (TPSA) is 78.3 Å². The van der Waals surface area contributed by atoms with Crippen molar-refractivity contribution in [3.05, 3.63) is 77.1 Å². The Morgan fingerprint density at radius 1 is 1.08 bits per heavy atom. The minimum absolute atomic E-state index is 0.0322. The number of rotatable bonds is 10. The molecule has 0 saturated carbocycles. The summed E-state index contributed by atoms with van der Waals surface area (Å²) < 4.78 is 5.08. The van der Waals surface area contributed by atoms with Crippen molar-refractivity contribution in [1.82, 2.24) is 4.90 Å². The number of aryl methyl sites for hydroxylation is 2. The summed E-state index contributed by atoms with van der Waals surface area (Å²) in [7, 11) is 5.33. The summed E-state index contributed by atoms with van der Waals surface area (Å²) in [5.41, 5.74) is 7.59. The average Bonchev–Trinajstić information content (AvgIpc) is 2.87. The van der Waals surface area contributed by atoms with Crippen molar-refractivity contribution in [2.45, 2.75) is 34.6 Å². The summed E-state index contributed by atoms with van der Waals surface area (Å²) in [6.07, 6.45) is 5.46. The zero-order valence-corrected chi connectivity index (χ0v) is 22.8. The second kappa shape index (κ2) is 14.0. The van der Waals surface area contributed by atoms with Crippen LogP contribution in [0, 0.1) is 13.8 Å². The Bertz CT molecular complexity index is 1180. The van der Waals surface area contributed by atoms with Crippen molar-refractivity contribution in [1.29, 1.82) is 0 Å². The quantitative estimate of drug-likeness (QED) is 0.320. The van der Waals surface area contributed by atoms with E-state index in [0.29, 0.717) is 24.6 Å². The van der Waals surface area contributed by atoms with Crippen molar-refractivity contribution in [2.24, 2.45) is 9.98 Å². The number of aliphatic imine (C=N–C) groups is 2. The molecule has 2 aromatic rings. The van der Waals surface area contributed by atoms with Crippen LogP contribution < -0.4 is 10.6 Å². The van der Waals surface area contributed by atoms with E-state index >= 15 is 0 Å². The first-order valence-electron chi connectivity index (χ1n) is 12.0. The van der Waals surface area contributed by atoms with Crippen molar-refractivity contribution < 1.29 is 9.53 Å². The van der Waals surface area contributed by atoms with Gasteiger partial charge in [-0.05, 0) is 87.2 Å². The molecule has 0 aliphatic rings. The predicted molar refractivity (Wildman–Crippen MR) is 153 cm³/mol. The van der Waals surface area contributed by atoms with Crippen molar-refractivity contribution in [3.8, 4) is 0 Å². The van der Waals surface area contributed by atoms with Crippen LogP contribution in [0.4, 0.5) is 11.4 Å². The predicted octanol–water partition coefficient (Wildman–Crippen LogP) is 5.93.